The van der Waals surface area contributed by atoms with Gasteiger partial charge in [-0.1, -0.05) is 6.92 Å². The molecule has 0 aromatic carbocycles. The molecular formula is C14H14N4O. The van der Waals surface area contributed by atoms with Crippen molar-refractivity contribution in [3.05, 3.63) is 45.8 Å². The van der Waals surface area contributed by atoms with Crippen LogP contribution < -0.4 is 5.56 Å². The van der Waals surface area contributed by atoms with Crippen molar-refractivity contribution in [3.63, 3.8) is 0 Å². The van der Waals surface area contributed by atoms with Crippen molar-refractivity contribution in [3.8, 4) is 17.3 Å². The van der Waals surface area contributed by atoms with E-state index in [-0.39, 0.29) is 5.56 Å². The summed E-state index contributed by atoms with van der Waals surface area (Å²) >= 11 is 0. The van der Waals surface area contributed by atoms with Gasteiger partial charge in [-0.3, -0.25) is 9.78 Å². The number of aryl methyl sites for hydroxylation is 1. The second-order valence-electron chi connectivity index (χ2n) is 4.31. The predicted molar refractivity (Wildman–Crippen MR) is 71.5 cm³/mol. The summed E-state index contributed by atoms with van der Waals surface area (Å²) in [7, 11) is 0. The summed E-state index contributed by atoms with van der Waals surface area (Å²) in [5.41, 5.74) is 2.14. The number of aromatic nitrogens is 3. The molecule has 96 valence electrons. The largest absolute Gasteiger partial charge is 0.310 e. The third-order valence-corrected chi connectivity index (χ3v) is 2.83. The topological polar surface area (TPSA) is 82.4 Å². The number of hydrogen-bond acceptors (Lipinski definition) is 4. The number of nitriles is 1. The highest BCUT2D eigenvalue weighted by molar-refractivity contribution is 5.62. The van der Waals surface area contributed by atoms with E-state index in [1.54, 1.807) is 19.2 Å². The fraction of sp³-hybridized carbons (Fsp3) is 0.286. The van der Waals surface area contributed by atoms with Gasteiger partial charge in [0, 0.05) is 29.9 Å². The van der Waals surface area contributed by atoms with Gasteiger partial charge in [0.05, 0.1) is 11.3 Å². The molecule has 5 heteroatoms. The van der Waals surface area contributed by atoms with Crippen LogP contribution in [0.1, 0.15) is 30.3 Å². The molecule has 5 nitrogen and oxygen atoms in total. The molecule has 0 atom stereocenters. The highest BCUT2D eigenvalue weighted by Crippen LogP contribution is 2.19. The molecule has 2 rings (SSSR count). The first-order chi connectivity index (χ1) is 9.15. The lowest BCUT2D eigenvalue weighted by molar-refractivity contribution is 0.822. The van der Waals surface area contributed by atoms with Crippen LogP contribution >= 0.6 is 0 Å². The summed E-state index contributed by atoms with van der Waals surface area (Å²) < 4.78 is 0. The molecule has 2 heterocycles. The Morgan fingerprint density at radius 1 is 1.42 bits per heavy atom. The lowest BCUT2D eigenvalue weighted by atomic mass is 10.1. The van der Waals surface area contributed by atoms with Crippen LogP contribution in [0.5, 0.6) is 0 Å². The second kappa shape index (κ2) is 5.44. The average molecular weight is 254 g/mol. The van der Waals surface area contributed by atoms with Crippen LogP contribution in [-0.4, -0.2) is 15.0 Å². The average Bonchev–Trinajstić information content (AvgIpc) is 2.43. The number of pyridine rings is 1. The summed E-state index contributed by atoms with van der Waals surface area (Å²) in [6.45, 7) is 3.74. The van der Waals surface area contributed by atoms with E-state index in [0.29, 0.717) is 34.6 Å². The SMILES string of the molecule is CCCc1nc(-c2cncc(C#N)c2)c(C)c(=O)[nH]1. The molecule has 0 radical (unpaired) electrons. The van der Waals surface area contributed by atoms with E-state index in [2.05, 4.69) is 15.0 Å². The van der Waals surface area contributed by atoms with Crippen molar-refractivity contribution in [1.29, 1.82) is 5.26 Å². The number of aromatic amines is 1. The monoisotopic (exact) mass is 254 g/mol. The van der Waals surface area contributed by atoms with Crippen LogP contribution in [0.15, 0.2) is 23.3 Å². The van der Waals surface area contributed by atoms with E-state index < -0.39 is 0 Å². The Morgan fingerprint density at radius 2 is 2.21 bits per heavy atom. The third-order valence-electron chi connectivity index (χ3n) is 2.83. The first-order valence-electron chi connectivity index (χ1n) is 6.11. The molecule has 0 saturated carbocycles. The van der Waals surface area contributed by atoms with Gasteiger partial charge in [-0.2, -0.15) is 5.26 Å². The minimum atomic E-state index is -0.143. The number of H-pyrrole nitrogens is 1. The maximum atomic E-state index is 11.9. The lowest BCUT2D eigenvalue weighted by Crippen LogP contribution is -2.16. The zero-order valence-corrected chi connectivity index (χ0v) is 10.9. The van der Waals surface area contributed by atoms with Crippen molar-refractivity contribution in [2.75, 3.05) is 0 Å². The van der Waals surface area contributed by atoms with Crippen molar-refractivity contribution >= 4 is 0 Å². The van der Waals surface area contributed by atoms with Crippen LogP contribution in [0.3, 0.4) is 0 Å². The number of rotatable bonds is 3. The van der Waals surface area contributed by atoms with Gasteiger partial charge in [0.1, 0.15) is 11.9 Å². The maximum absolute atomic E-state index is 11.9. The second-order valence-corrected chi connectivity index (χ2v) is 4.31. The Bertz CT molecular complexity index is 697. The van der Waals surface area contributed by atoms with E-state index in [1.807, 2.05) is 13.0 Å². The summed E-state index contributed by atoms with van der Waals surface area (Å²) in [6.07, 6.45) is 4.72. The summed E-state index contributed by atoms with van der Waals surface area (Å²) in [6, 6.07) is 3.73. The Kier molecular flexibility index (Phi) is 3.71. The maximum Gasteiger partial charge on any atom is 0.254 e. The molecule has 0 spiro atoms. The Balaban J connectivity index is 2.60. The van der Waals surface area contributed by atoms with Gasteiger partial charge in [-0.05, 0) is 19.4 Å². The van der Waals surface area contributed by atoms with Gasteiger partial charge in [0.2, 0.25) is 0 Å². The molecule has 0 aliphatic heterocycles. The minimum Gasteiger partial charge on any atom is -0.310 e. The zero-order chi connectivity index (χ0) is 13.8. The Morgan fingerprint density at radius 3 is 2.89 bits per heavy atom. The van der Waals surface area contributed by atoms with Gasteiger partial charge < -0.3 is 4.98 Å². The van der Waals surface area contributed by atoms with E-state index in [4.69, 9.17) is 5.26 Å². The molecule has 19 heavy (non-hydrogen) atoms. The Hall–Kier alpha value is -2.48. The summed E-state index contributed by atoms with van der Waals surface area (Å²) in [5.74, 6) is 0.662. The summed E-state index contributed by atoms with van der Waals surface area (Å²) in [5, 5.41) is 8.89. The van der Waals surface area contributed by atoms with Crippen molar-refractivity contribution in [2.45, 2.75) is 26.7 Å². The molecule has 0 unspecified atom stereocenters. The first kappa shape index (κ1) is 13.0. The number of nitrogens with zero attached hydrogens (tertiary/aromatic N) is 3. The molecule has 2 aromatic heterocycles. The molecule has 1 N–H and O–H groups in total. The minimum absolute atomic E-state index is 0.143. The van der Waals surface area contributed by atoms with Gasteiger partial charge >= 0.3 is 0 Å². The third kappa shape index (κ3) is 2.68. The molecule has 0 aliphatic rings. The highest BCUT2D eigenvalue weighted by Gasteiger charge is 2.10. The fourth-order valence-corrected chi connectivity index (χ4v) is 1.85. The van der Waals surface area contributed by atoms with E-state index in [9.17, 15) is 4.79 Å². The quantitative estimate of drug-likeness (QED) is 0.907. The van der Waals surface area contributed by atoms with Crippen molar-refractivity contribution in [1.82, 2.24) is 15.0 Å². The standard InChI is InChI=1S/C14H14N4O/c1-3-4-12-17-13(9(2)14(19)18-12)11-5-10(6-15)7-16-8-11/h5,7-8H,3-4H2,1-2H3,(H,17,18,19). The van der Waals surface area contributed by atoms with Gasteiger partial charge in [-0.25, -0.2) is 4.98 Å². The molecule has 0 aliphatic carbocycles. The lowest BCUT2D eigenvalue weighted by Gasteiger charge is -2.07. The summed E-state index contributed by atoms with van der Waals surface area (Å²) in [4.78, 5) is 23.1. The van der Waals surface area contributed by atoms with E-state index in [1.165, 1.54) is 6.20 Å². The highest BCUT2D eigenvalue weighted by atomic mass is 16.1. The number of hydrogen-bond donors (Lipinski definition) is 1. The van der Waals surface area contributed by atoms with Crippen LogP contribution in [0.2, 0.25) is 0 Å². The molecule has 0 bridgehead atoms. The first-order valence-corrected chi connectivity index (χ1v) is 6.11. The normalized spacial score (nSPS) is 10.2. The van der Waals surface area contributed by atoms with Crippen LogP contribution in [0.25, 0.3) is 11.3 Å². The van der Waals surface area contributed by atoms with Gasteiger partial charge in [-0.15, -0.1) is 0 Å². The van der Waals surface area contributed by atoms with Crippen molar-refractivity contribution in [2.24, 2.45) is 0 Å². The van der Waals surface area contributed by atoms with Crippen LogP contribution in [0, 0.1) is 18.3 Å². The Labute approximate surface area is 111 Å². The zero-order valence-electron chi connectivity index (χ0n) is 10.9. The fourth-order valence-electron chi connectivity index (χ4n) is 1.85. The molecule has 0 amide bonds. The van der Waals surface area contributed by atoms with Gasteiger partial charge in [0.15, 0.2) is 0 Å². The molecule has 0 fully saturated rings. The van der Waals surface area contributed by atoms with Crippen molar-refractivity contribution < 1.29 is 0 Å². The van der Waals surface area contributed by atoms with Crippen LogP contribution in [-0.2, 0) is 6.42 Å². The molecule has 0 saturated heterocycles. The predicted octanol–water partition coefficient (Wildman–Crippen LogP) is 1.96. The molecule has 2 aromatic rings. The van der Waals surface area contributed by atoms with E-state index >= 15 is 0 Å². The van der Waals surface area contributed by atoms with E-state index in [0.717, 1.165) is 6.42 Å². The molecular weight excluding hydrogens is 240 g/mol. The number of nitrogens with one attached hydrogen (secondary N) is 1. The smallest absolute Gasteiger partial charge is 0.254 e. The van der Waals surface area contributed by atoms with Crippen LogP contribution in [0.4, 0.5) is 0 Å². The van der Waals surface area contributed by atoms with Gasteiger partial charge in [0.25, 0.3) is 5.56 Å².